The normalized spacial score (nSPS) is 15.5. The molecule has 1 aromatic carbocycles. The monoisotopic (exact) mass is 218 g/mol. The summed E-state index contributed by atoms with van der Waals surface area (Å²) in [5.41, 5.74) is 7.53. The Morgan fingerprint density at radius 3 is 2.56 bits per heavy atom. The van der Waals surface area contributed by atoms with Gasteiger partial charge in [0.05, 0.1) is 0 Å². The molecule has 1 amide bonds. The number of amides is 1. The zero-order valence-corrected chi connectivity index (χ0v) is 9.41. The molecule has 3 heteroatoms. The van der Waals surface area contributed by atoms with Crippen LogP contribution < -0.4 is 11.1 Å². The van der Waals surface area contributed by atoms with Gasteiger partial charge >= 0.3 is 0 Å². The molecular weight excluding hydrogens is 200 g/mol. The van der Waals surface area contributed by atoms with Crippen LogP contribution in [0.1, 0.15) is 31.2 Å². The molecule has 1 aliphatic carbocycles. The quantitative estimate of drug-likeness (QED) is 0.758. The first kappa shape index (κ1) is 11.0. The molecule has 3 N–H and O–H groups in total. The third-order valence-corrected chi connectivity index (χ3v) is 3.09. The van der Waals surface area contributed by atoms with E-state index < -0.39 is 0 Å². The molecule has 1 fully saturated rings. The molecule has 2 rings (SSSR count). The SMILES string of the molecule is Nc1ccc(CCC(=O)NC2CCC2)cc1. The lowest BCUT2D eigenvalue weighted by Gasteiger charge is -2.26. The second-order valence-electron chi connectivity index (χ2n) is 4.44. The molecule has 1 aromatic rings. The van der Waals surface area contributed by atoms with Crippen molar-refractivity contribution in [3.8, 4) is 0 Å². The fourth-order valence-corrected chi connectivity index (χ4v) is 1.79. The predicted molar refractivity (Wildman–Crippen MR) is 65.0 cm³/mol. The average molecular weight is 218 g/mol. The maximum atomic E-state index is 11.6. The average Bonchev–Trinajstić information content (AvgIpc) is 2.23. The van der Waals surface area contributed by atoms with Gasteiger partial charge in [-0.05, 0) is 43.4 Å². The third kappa shape index (κ3) is 2.99. The number of nitrogens with one attached hydrogen (secondary N) is 1. The fraction of sp³-hybridized carbons (Fsp3) is 0.462. The minimum absolute atomic E-state index is 0.168. The molecule has 0 heterocycles. The van der Waals surface area contributed by atoms with E-state index in [-0.39, 0.29) is 5.91 Å². The van der Waals surface area contributed by atoms with Gasteiger partial charge in [-0.3, -0.25) is 4.79 Å². The molecule has 1 aliphatic rings. The largest absolute Gasteiger partial charge is 0.399 e. The number of rotatable bonds is 4. The molecule has 3 nitrogen and oxygen atoms in total. The first-order chi connectivity index (χ1) is 7.74. The highest BCUT2D eigenvalue weighted by atomic mass is 16.1. The van der Waals surface area contributed by atoms with E-state index in [9.17, 15) is 4.79 Å². The van der Waals surface area contributed by atoms with Gasteiger partial charge in [-0.15, -0.1) is 0 Å². The summed E-state index contributed by atoms with van der Waals surface area (Å²) in [6.07, 6.45) is 4.91. The highest BCUT2D eigenvalue weighted by molar-refractivity contribution is 5.76. The van der Waals surface area contributed by atoms with E-state index in [1.54, 1.807) is 0 Å². The first-order valence-corrected chi connectivity index (χ1v) is 5.88. The van der Waals surface area contributed by atoms with Crippen molar-refractivity contribution in [2.24, 2.45) is 0 Å². The summed E-state index contributed by atoms with van der Waals surface area (Å²) in [5, 5.41) is 3.03. The molecule has 0 radical (unpaired) electrons. The van der Waals surface area contributed by atoms with Crippen LogP contribution in [0.3, 0.4) is 0 Å². The van der Waals surface area contributed by atoms with E-state index in [4.69, 9.17) is 5.73 Å². The fourth-order valence-electron chi connectivity index (χ4n) is 1.79. The Hall–Kier alpha value is -1.51. The van der Waals surface area contributed by atoms with Crippen molar-refractivity contribution in [3.05, 3.63) is 29.8 Å². The molecule has 0 aliphatic heterocycles. The summed E-state index contributed by atoms with van der Waals surface area (Å²) in [6, 6.07) is 8.15. The lowest BCUT2D eigenvalue weighted by molar-refractivity contribution is -0.122. The van der Waals surface area contributed by atoms with Crippen LogP contribution in [0.5, 0.6) is 0 Å². The van der Waals surface area contributed by atoms with Gasteiger partial charge in [0.15, 0.2) is 0 Å². The van der Waals surface area contributed by atoms with Crippen LogP contribution >= 0.6 is 0 Å². The Balaban J connectivity index is 1.73. The number of anilines is 1. The molecule has 0 bridgehead atoms. The van der Waals surface area contributed by atoms with Crippen LogP contribution in [-0.4, -0.2) is 11.9 Å². The van der Waals surface area contributed by atoms with E-state index in [2.05, 4.69) is 5.32 Å². The second-order valence-corrected chi connectivity index (χ2v) is 4.44. The van der Waals surface area contributed by atoms with E-state index in [0.29, 0.717) is 12.5 Å². The van der Waals surface area contributed by atoms with Crippen molar-refractivity contribution in [1.29, 1.82) is 0 Å². The number of carbonyl (C=O) groups is 1. The summed E-state index contributed by atoms with van der Waals surface area (Å²) in [7, 11) is 0. The van der Waals surface area contributed by atoms with Crippen LogP contribution in [0.2, 0.25) is 0 Å². The van der Waals surface area contributed by atoms with Gasteiger partial charge in [-0.2, -0.15) is 0 Å². The maximum absolute atomic E-state index is 11.6. The standard InChI is InChI=1S/C13H18N2O/c14-11-7-4-10(5-8-11)6-9-13(16)15-12-2-1-3-12/h4-5,7-8,12H,1-3,6,9,14H2,(H,15,16). The molecule has 0 saturated heterocycles. The number of nitrogen functional groups attached to an aromatic ring is 1. The van der Waals surface area contributed by atoms with Gasteiger partial charge in [-0.25, -0.2) is 0 Å². The molecule has 86 valence electrons. The van der Waals surface area contributed by atoms with Crippen LogP contribution in [0, 0.1) is 0 Å². The lowest BCUT2D eigenvalue weighted by Crippen LogP contribution is -2.39. The zero-order chi connectivity index (χ0) is 11.4. The summed E-state index contributed by atoms with van der Waals surface area (Å²) < 4.78 is 0. The molecule has 0 aromatic heterocycles. The Bertz CT molecular complexity index is 355. The summed E-state index contributed by atoms with van der Waals surface area (Å²) in [4.78, 5) is 11.6. The van der Waals surface area contributed by atoms with Crippen molar-refractivity contribution in [2.45, 2.75) is 38.1 Å². The highest BCUT2D eigenvalue weighted by Gasteiger charge is 2.18. The Labute approximate surface area is 96.0 Å². The molecular formula is C13H18N2O. The van der Waals surface area contributed by atoms with E-state index in [1.807, 2.05) is 24.3 Å². The third-order valence-electron chi connectivity index (χ3n) is 3.09. The van der Waals surface area contributed by atoms with Crippen molar-refractivity contribution < 1.29 is 4.79 Å². The minimum Gasteiger partial charge on any atom is -0.399 e. The van der Waals surface area contributed by atoms with Gasteiger partial charge in [-0.1, -0.05) is 12.1 Å². The lowest BCUT2D eigenvalue weighted by atomic mass is 9.93. The minimum atomic E-state index is 0.168. The van der Waals surface area contributed by atoms with Crippen LogP contribution in [-0.2, 0) is 11.2 Å². The number of carbonyl (C=O) groups excluding carboxylic acids is 1. The van der Waals surface area contributed by atoms with Crippen molar-refractivity contribution in [3.63, 3.8) is 0 Å². The number of hydrogen-bond donors (Lipinski definition) is 2. The van der Waals surface area contributed by atoms with E-state index >= 15 is 0 Å². The molecule has 16 heavy (non-hydrogen) atoms. The van der Waals surface area contributed by atoms with Crippen LogP contribution in [0.4, 0.5) is 5.69 Å². The number of nitrogens with two attached hydrogens (primary N) is 1. The molecule has 1 saturated carbocycles. The number of benzene rings is 1. The summed E-state index contributed by atoms with van der Waals surface area (Å²) in [5.74, 6) is 0.168. The van der Waals surface area contributed by atoms with Gasteiger partial charge in [0.25, 0.3) is 0 Å². The first-order valence-electron chi connectivity index (χ1n) is 5.88. The van der Waals surface area contributed by atoms with E-state index in [1.165, 1.54) is 6.42 Å². The maximum Gasteiger partial charge on any atom is 0.220 e. The molecule has 0 spiro atoms. The summed E-state index contributed by atoms with van der Waals surface area (Å²) in [6.45, 7) is 0. The van der Waals surface area contributed by atoms with E-state index in [0.717, 1.165) is 30.5 Å². The van der Waals surface area contributed by atoms with Gasteiger partial charge in [0.2, 0.25) is 5.91 Å². The van der Waals surface area contributed by atoms with Crippen LogP contribution in [0.15, 0.2) is 24.3 Å². The smallest absolute Gasteiger partial charge is 0.220 e. The number of hydrogen-bond acceptors (Lipinski definition) is 2. The van der Waals surface area contributed by atoms with Crippen LogP contribution in [0.25, 0.3) is 0 Å². The van der Waals surface area contributed by atoms with Gasteiger partial charge in [0.1, 0.15) is 0 Å². The van der Waals surface area contributed by atoms with Gasteiger partial charge < -0.3 is 11.1 Å². The van der Waals surface area contributed by atoms with Crippen molar-refractivity contribution in [2.75, 3.05) is 5.73 Å². The highest BCUT2D eigenvalue weighted by Crippen LogP contribution is 2.18. The molecule has 0 unspecified atom stereocenters. The summed E-state index contributed by atoms with van der Waals surface area (Å²) >= 11 is 0. The van der Waals surface area contributed by atoms with Crippen molar-refractivity contribution >= 4 is 11.6 Å². The topological polar surface area (TPSA) is 55.1 Å². The Morgan fingerprint density at radius 2 is 2.00 bits per heavy atom. The predicted octanol–water partition coefficient (Wildman–Crippen LogP) is 1.87. The number of aryl methyl sites for hydroxylation is 1. The zero-order valence-electron chi connectivity index (χ0n) is 9.41. The Morgan fingerprint density at radius 1 is 1.31 bits per heavy atom. The second kappa shape index (κ2) is 5.01. The molecule has 0 atom stereocenters. The Kier molecular flexibility index (Phi) is 3.44. The van der Waals surface area contributed by atoms with Crippen molar-refractivity contribution in [1.82, 2.24) is 5.32 Å². The van der Waals surface area contributed by atoms with Gasteiger partial charge in [0, 0.05) is 18.2 Å².